The SMILES string of the molecule is Cl.N[C@H](c1ccc(Cl)cc1Br)C(F)(F)C(F)(F)F. The normalized spacial score (nSPS) is 14.0. The molecule has 1 rings (SSSR count). The summed E-state index contributed by atoms with van der Waals surface area (Å²) in [4.78, 5) is 0. The van der Waals surface area contributed by atoms with Crippen LogP contribution in [0, 0.1) is 0 Å². The Bertz CT molecular complexity index is 424. The van der Waals surface area contributed by atoms with Gasteiger partial charge in [-0.2, -0.15) is 22.0 Å². The second-order valence-corrected chi connectivity index (χ2v) is 4.56. The number of rotatable bonds is 2. The van der Waals surface area contributed by atoms with Crippen LogP contribution >= 0.6 is 39.9 Å². The first-order chi connectivity index (χ1) is 7.57. The fourth-order valence-electron chi connectivity index (χ4n) is 1.13. The zero-order valence-corrected chi connectivity index (χ0v) is 11.6. The monoisotopic (exact) mass is 373 g/mol. The van der Waals surface area contributed by atoms with Crippen LogP contribution in [0.2, 0.25) is 5.02 Å². The Labute approximate surface area is 119 Å². The molecule has 1 nitrogen and oxygen atoms in total. The molecule has 1 aromatic carbocycles. The maximum atomic E-state index is 13.0. The van der Waals surface area contributed by atoms with Crippen LogP contribution in [-0.4, -0.2) is 12.1 Å². The molecular formula is C9H7BrCl2F5N. The molecule has 0 amide bonds. The average Bonchev–Trinajstić information content (AvgIpc) is 2.14. The lowest BCUT2D eigenvalue weighted by molar-refractivity contribution is -0.291. The molecule has 2 N–H and O–H groups in total. The summed E-state index contributed by atoms with van der Waals surface area (Å²) in [6.07, 6.45) is -5.70. The minimum absolute atomic E-state index is 0. The lowest BCUT2D eigenvalue weighted by Crippen LogP contribution is -2.45. The molecule has 0 heterocycles. The second kappa shape index (κ2) is 5.90. The predicted molar refractivity (Wildman–Crippen MR) is 64.3 cm³/mol. The Morgan fingerprint density at radius 2 is 1.67 bits per heavy atom. The van der Waals surface area contributed by atoms with Crippen LogP contribution in [0.25, 0.3) is 0 Å². The molecule has 0 saturated carbocycles. The van der Waals surface area contributed by atoms with Crippen molar-refractivity contribution in [3.8, 4) is 0 Å². The molecule has 0 saturated heterocycles. The molecule has 0 fully saturated rings. The molecule has 0 bridgehead atoms. The quantitative estimate of drug-likeness (QED) is 0.744. The van der Waals surface area contributed by atoms with E-state index in [4.69, 9.17) is 17.3 Å². The summed E-state index contributed by atoms with van der Waals surface area (Å²) in [5.41, 5.74) is 4.60. The molecule has 1 aromatic rings. The molecule has 0 aliphatic carbocycles. The van der Waals surface area contributed by atoms with Crippen molar-refractivity contribution in [2.24, 2.45) is 5.73 Å². The van der Waals surface area contributed by atoms with Crippen molar-refractivity contribution in [2.75, 3.05) is 0 Å². The van der Waals surface area contributed by atoms with E-state index in [1.807, 2.05) is 0 Å². The van der Waals surface area contributed by atoms with Gasteiger partial charge in [0.15, 0.2) is 0 Å². The van der Waals surface area contributed by atoms with Crippen LogP contribution in [-0.2, 0) is 0 Å². The Morgan fingerprint density at radius 3 is 2.06 bits per heavy atom. The van der Waals surface area contributed by atoms with Crippen LogP contribution in [0.3, 0.4) is 0 Å². The van der Waals surface area contributed by atoms with Gasteiger partial charge < -0.3 is 5.73 Å². The van der Waals surface area contributed by atoms with Gasteiger partial charge in [0.25, 0.3) is 0 Å². The molecule has 0 aliphatic rings. The van der Waals surface area contributed by atoms with Gasteiger partial charge in [-0.3, -0.25) is 0 Å². The summed E-state index contributed by atoms with van der Waals surface area (Å²) in [6.45, 7) is 0. The summed E-state index contributed by atoms with van der Waals surface area (Å²) >= 11 is 8.39. The highest BCUT2D eigenvalue weighted by Gasteiger charge is 2.61. The van der Waals surface area contributed by atoms with Crippen LogP contribution in [0.15, 0.2) is 22.7 Å². The van der Waals surface area contributed by atoms with Gasteiger partial charge in [0.2, 0.25) is 0 Å². The summed E-state index contributed by atoms with van der Waals surface area (Å²) < 4.78 is 62.3. The van der Waals surface area contributed by atoms with E-state index in [9.17, 15) is 22.0 Å². The predicted octanol–water partition coefficient (Wildman–Crippen LogP) is 4.72. The molecular weight excluding hydrogens is 368 g/mol. The first kappa shape index (κ1) is 17.9. The first-order valence-electron chi connectivity index (χ1n) is 4.22. The van der Waals surface area contributed by atoms with Crippen LogP contribution in [0.4, 0.5) is 22.0 Å². The summed E-state index contributed by atoms with van der Waals surface area (Å²) in [6, 6.07) is 0.919. The van der Waals surface area contributed by atoms with Gasteiger partial charge in [-0.05, 0) is 17.7 Å². The number of halogens is 8. The van der Waals surface area contributed by atoms with Gasteiger partial charge in [-0.15, -0.1) is 12.4 Å². The van der Waals surface area contributed by atoms with Crippen LogP contribution in [0.1, 0.15) is 11.6 Å². The molecule has 18 heavy (non-hydrogen) atoms. The topological polar surface area (TPSA) is 26.0 Å². The van der Waals surface area contributed by atoms with Crippen LogP contribution in [0.5, 0.6) is 0 Å². The van der Waals surface area contributed by atoms with Crippen molar-refractivity contribution in [1.29, 1.82) is 0 Å². The van der Waals surface area contributed by atoms with E-state index in [2.05, 4.69) is 15.9 Å². The fraction of sp³-hybridized carbons (Fsp3) is 0.333. The van der Waals surface area contributed by atoms with E-state index >= 15 is 0 Å². The Balaban J connectivity index is 0.00000289. The van der Waals surface area contributed by atoms with Gasteiger partial charge in [0, 0.05) is 9.50 Å². The Kier molecular flexibility index (Phi) is 5.86. The third kappa shape index (κ3) is 3.46. The lowest BCUT2D eigenvalue weighted by atomic mass is 10.0. The maximum Gasteiger partial charge on any atom is 0.455 e. The first-order valence-corrected chi connectivity index (χ1v) is 5.39. The zero-order chi connectivity index (χ0) is 13.4. The van der Waals surface area contributed by atoms with Crippen molar-refractivity contribution in [3.05, 3.63) is 33.3 Å². The van der Waals surface area contributed by atoms with Crippen molar-refractivity contribution in [1.82, 2.24) is 0 Å². The second-order valence-electron chi connectivity index (χ2n) is 3.26. The van der Waals surface area contributed by atoms with Crippen molar-refractivity contribution in [2.45, 2.75) is 18.1 Å². The summed E-state index contributed by atoms with van der Waals surface area (Å²) in [5.74, 6) is -5.01. The van der Waals surface area contributed by atoms with E-state index in [0.29, 0.717) is 0 Å². The molecule has 0 radical (unpaired) electrons. The van der Waals surface area contributed by atoms with Gasteiger partial charge in [-0.1, -0.05) is 33.6 Å². The number of benzene rings is 1. The van der Waals surface area contributed by atoms with E-state index < -0.39 is 18.1 Å². The molecule has 104 valence electrons. The number of alkyl halides is 5. The van der Waals surface area contributed by atoms with Crippen molar-refractivity contribution < 1.29 is 22.0 Å². The number of nitrogens with two attached hydrogens (primary N) is 1. The Hall–Kier alpha value is -0.110. The van der Waals surface area contributed by atoms with Gasteiger partial charge in [0.05, 0.1) is 0 Å². The molecule has 0 unspecified atom stereocenters. The van der Waals surface area contributed by atoms with Crippen molar-refractivity contribution in [3.63, 3.8) is 0 Å². The molecule has 0 spiro atoms. The largest absolute Gasteiger partial charge is 0.455 e. The highest BCUT2D eigenvalue weighted by atomic mass is 79.9. The standard InChI is InChI=1S/C9H6BrClF5N.ClH/c10-6-3-4(11)1-2-5(6)7(17)8(12,13)9(14,15)16;/h1-3,7H,17H2;1H/t7-;/m1./s1. The highest BCUT2D eigenvalue weighted by molar-refractivity contribution is 9.10. The van der Waals surface area contributed by atoms with Gasteiger partial charge in [0.1, 0.15) is 6.04 Å². The molecule has 9 heteroatoms. The molecule has 0 aromatic heterocycles. The minimum atomic E-state index is -5.70. The van der Waals surface area contributed by atoms with E-state index in [-0.39, 0.29) is 27.5 Å². The zero-order valence-electron chi connectivity index (χ0n) is 8.44. The van der Waals surface area contributed by atoms with Gasteiger partial charge >= 0.3 is 12.1 Å². The minimum Gasteiger partial charge on any atom is -0.319 e. The number of hydrogen-bond donors (Lipinski definition) is 1. The highest BCUT2D eigenvalue weighted by Crippen LogP contribution is 2.44. The smallest absolute Gasteiger partial charge is 0.319 e. The van der Waals surface area contributed by atoms with Crippen molar-refractivity contribution >= 4 is 39.9 Å². The summed E-state index contributed by atoms with van der Waals surface area (Å²) in [5, 5.41) is 0.197. The van der Waals surface area contributed by atoms with E-state index in [1.54, 1.807) is 0 Å². The van der Waals surface area contributed by atoms with E-state index in [0.717, 1.165) is 6.07 Å². The number of hydrogen-bond acceptors (Lipinski definition) is 1. The van der Waals surface area contributed by atoms with Crippen LogP contribution < -0.4 is 5.73 Å². The van der Waals surface area contributed by atoms with E-state index in [1.165, 1.54) is 12.1 Å². The Morgan fingerprint density at radius 1 is 1.17 bits per heavy atom. The summed E-state index contributed by atoms with van der Waals surface area (Å²) in [7, 11) is 0. The van der Waals surface area contributed by atoms with Gasteiger partial charge in [-0.25, -0.2) is 0 Å². The lowest BCUT2D eigenvalue weighted by Gasteiger charge is -2.26. The molecule has 1 atom stereocenters. The third-order valence-corrected chi connectivity index (χ3v) is 2.99. The average molecular weight is 375 g/mol. The fourth-order valence-corrected chi connectivity index (χ4v) is 2.05. The molecule has 0 aliphatic heterocycles. The maximum absolute atomic E-state index is 13.0. The third-order valence-electron chi connectivity index (χ3n) is 2.07.